The molecular weight excluding hydrogens is 259 g/mol. The van der Waals surface area contributed by atoms with Crippen LogP contribution in [0.5, 0.6) is 0 Å². The van der Waals surface area contributed by atoms with Gasteiger partial charge >= 0.3 is 0 Å². The standard InChI is InChI=1S/C17H25BN2O/c18-10-17(12-21-13-17)11-19-15-7-4-8-16(9-15)20-14-5-2-1-3-6-14/h4,7-9,14,19-20H,1-3,5-6,10-13H2. The first-order valence-electron chi connectivity index (χ1n) is 8.18. The molecule has 0 atom stereocenters. The average molecular weight is 284 g/mol. The summed E-state index contributed by atoms with van der Waals surface area (Å²) in [5.41, 5.74) is 2.52. The third-order valence-electron chi connectivity index (χ3n) is 4.76. The molecule has 1 heterocycles. The molecule has 4 heteroatoms. The van der Waals surface area contributed by atoms with Gasteiger partial charge in [-0.05, 0) is 31.0 Å². The Hall–Kier alpha value is -1.16. The van der Waals surface area contributed by atoms with Crippen molar-refractivity contribution in [2.24, 2.45) is 5.41 Å². The summed E-state index contributed by atoms with van der Waals surface area (Å²) >= 11 is 0. The lowest BCUT2D eigenvalue weighted by molar-refractivity contribution is -0.0918. The van der Waals surface area contributed by atoms with Crippen LogP contribution < -0.4 is 10.6 Å². The van der Waals surface area contributed by atoms with E-state index in [2.05, 4.69) is 34.9 Å². The van der Waals surface area contributed by atoms with E-state index < -0.39 is 0 Å². The maximum absolute atomic E-state index is 5.85. The molecule has 1 saturated heterocycles. The minimum absolute atomic E-state index is 0.132. The third-order valence-corrected chi connectivity index (χ3v) is 4.76. The number of nitrogens with one attached hydrogen (secondary N) is 2. The number of ether oxygens (including phenoxy) is 1. The molecule has 1 aliphatic heterocycles. The van der Waals surface area contributed by atoms with Crippen molar-refractivity contribution in [2.75, 3.05) is 30.4 Å². The van der Waals surface area contributed by atoms with Crippen molar-refractivity contribution >= 4 is 19.2 Å². The van der Waals surface area contributed by atoms with Gasteiger partial charge in [0, 0.05) is 29.4 Å². The molecule has 0 unspecified atom stereocenters. The topological polar surface area (TPSA) is 33.3 Å². The van der Waals surface area contributed by atoms with Gasteiger partial charge in [-0.2, -0.15) is 0 Å². The largest absolute Gasteiger partial charge is 0.384 e. The Morgan fingerprint density at radius 3 is 2.57 bits per heavy atom. The Labute approximate surface area is 129 Å². The van der Waals surface area contributed by atoms with Gasteiger partial charge in [-0.25, -0.2) is 0 Å². The van der Waals surface area contributed by atoms with Crippen LogP contribution in [0, 0.1) is 5.41 Å². The quantitative estimate of drug-likeness (QED) is 0.785. The summed E-state index contributed by atoms with van der Waals surface area (Å²) in [4.78, 5) is 0. The highest BCUT2D eigenvalue weighted by molar-refractivity contribution is 6.09. The van der Waals surface area contributed by atoms with E-state index in [-0.39, 0.29) is 5.41 Å². The second kappa shape index (κ2) is 6.74. The lowest BCUT2D eigenvalue weighted by atomic mass is 9.74. The second-order valence-electron chi connectivity index (χ2n) is 6.61. The van der Waals surface area contributed by atoms with Crippen LogP contribution in [0.15, 0.2) is 24.3 Å². The van der Waals surface area contributed by atoms with Gasteiger partial charge in [0.25, 0.3) is 0 Å². The molecule has 1 aromatic carbocycles. The van der Waals surface area contributed by atoms with Crippen LogP contribution in [-0.4, -0.2) is 33.6 Å². The molecule has 1 aliphatic carbocycles. The maximum atomic E-state index is 5.85. The lowest BCUT2D eigenvalue weighted by Gasteiger charge is -2.41. The monoisotopic (exact) mass is 284 g/mol. The minimum Gasteiger partial charge on any atom is -0.384 e. The fourth-order valence-corrected chi connectivity index (χ4v) is 3.17. The number of rotatable bonds is 6. The van der Waals surface area contributed by atoms with E-state index in [0.29, 0.717) is 12.4 Å². The first-order valence-corrected chi connectivity index (χ1v) is 8.18. The molecule has 2 fully saturated rings. The van der Waals surface area contributed by atoms with Gasteiger partial charge in [0.2, 0.25) is 0 Å². The van der Waals surface area contributed by atoms with Crippen molar-refractivity contribution in [3.8, 4) is 0 Å². The predicted molar refractivity (Wildman–Crippen MR) is 89.2 cm³/mol. The van der Waals surface area contributed by atoms with E-state index in [4.69, 9.17) is 12.6 Å². The molecule has 3 nitrogen and oxygen atoms in total. The van der Waals surface area contributed by atoms with Crippen molar-refractivity contribution in [3.63, 3.8) is 0 Å². The van der Waals surface area contributed by atoms with Crippen molar-refractivity contribution in [3.05, 3.63) is 24.3 Å². The fourth-order valence-electron chi connectivity index (χ4n) is 3.17. The van der Waals surface area contributed by atoms with Crippen LogP contribution in [0.25, 0.3) is 0 Å². The Morgan fingerprint density at radius 2 is 1.90 bits per heavy atom. The summed E-state index contributed by atoms with van der Waals surface area (Å²) < 4.78 is 5.31. The van der Waals surface area contributed by atoms with Crippen molar-refractivity contribution in [1.29, 1.82) is 0 Å². The molecule has 0 bridgehead atoms. The molecular formula is C17H25BN2O. The number of hydrogen-bond acceptors (Lipinski definition) is 3. The molecule has 21 heavy (non-hydrogen) atoms. The number of hydrogen-bond donors (Lipinski definition) is 2. The summed E-state index contributed by atoms with van der Waals surface area (Å²) in [7, 11) is 5.85. The first-order chi connectivity index (χ1) is 10.3. The molecule has 1 saturated carbocycles. The zero-order chi connectivity index (χ0) is 14.5. The second-order valence-corrected chi connectivity index (χ2v) is 6.61. The summed E-state index contributed by atoms with van der Waals surface area (Å²) in [5, 5.41) is 7.19. The molecule has 2 radical (unpaired) electrons. The Bertz CT molecular complexity index is 450. The van der Waals surface area contributed by atoms with E-state index in [9.17, 15) is 0 Å². The number of benzene rings is 1. The van der Waals surface area contributed by atoms with Crippen LogP contribution in [0.4, 0.5) is 11.4 Å². The number of anilines is 2. The molecule has 2 N–H and O–H groups in total. The SMILES string of the molecule is [B]CC1(CNc2cccc(NC3CCCCC3)c2)COC1. The van der Waals surface area contributed by atoms with Crippen LogP contribution in [0.2, 0.25) is 6.32 Å². The van der Waals surface area contributed by atoms with E-state index in [1.54, 1.807) is 0 Å². The molecule has 2 aliphatic rings. The van der Waals surface area contributed by atoms with Crippen LogP contribution >= 0.6 is 0 Å². The Kier molecular flexibility index (Phi) is 4.74. The Morgan fingerprint density at radius 1 is 1.14 bits per heavy atom. The van der Waals surface area contributed by atoms with E-state index in [1.807, 2.05) is 0 Å². The minimum atomic E-state index is 0.132. The van der Waals surface area contributed by atoms with Gasteiger partial charge in [0.1, 0.15) is 0 Å². The van der Waals surface area contributed by atoms with Crippen molar-refractivity contribution < 1.29 is 4.74 Å². The van der Waals surface area contributed by atoms with Crippen LogP contribution in [0.1, 0.15) is 32.1 Å². The maximum Gasteiger partial charge on any atom is 0.0663 e. The van der Waals surface area contributed by atoms with E-state index in [0.717, 1.165) is 25.4 Å². The summed E-state index contributed by atoms with van der Waals surface area (Å²) in [5.74, 6) is 0. The van der Waals surface area contributed by atoms with Gasteiger partial charge in [0.15, 0.2) is 0 Å². The van der Waals surface area contributed by atoms with E-state index in [1.165, 1.54) is 37.8 Å². The smallest absolute Gasteiger partial charge is 0.0663 e. The van der Waals surface area contributed by atoms with Gasteiger partial charge in [-0.15, -0.1) is 0 Å². The highest BCUT2D eigenvalue weighted by Crippen LogP contribution is 2.31. The summed E-state index contributed by atoms with van der Waals surface area (Å²) in [6.07, 6.45) is 7.38. The average Bonchev–Trinajstić information content (AvgIpc) is 2.48. The first kappa shape index (κ1) is 14.8. The molecule has 0 spiro atoms. The highest BCUT2D eigenvalue weighted by atomic mass is 16.5. The fraction of sp³-hybridized carbons (Fsp3) is 0.647. The highest BCUT2D eigenvalue weighted by Gasteiger charge is 2.35. The van der Waals surface area contributed by atoms with Crippen molar-refractivity contribution in [1.82, 2.24) is 0 Å². The summed E-state index contributed by atoms with van der Waals surface area (Å²) in [6.45, 7) is 2.43. The van der Waals surface area contributed by atoms with Crippen LogP contribution in [-0.2, 0) is 4.74 Å². The molecule has 0 aromatic heterocycles. The van der Waals surface area contributed by atoms with E-state index >= 15 is 0 Å². The predicted octanol–water partition coefficient (Wildman–Crippen LogP) is 3.45. The molecule has 112 valence electrons. The molecule has 1 aromatic rings. The van der Waals surface area contributed by atoms with Crippen LogP contribution in [0.3, 0.4) is 0 Å². The Balaban J connectivity index is 1.55. The molecule has 0 amide bonds. The summed E-state index contributed by atoms with van der Waals surface area (Å²) in [6, 6.07) is 9.24. The lowest BCUT2D eigenvalue weighted by Crippen LogP contribution is -2.47. The molecule has 3 rings (SSSR count). The van der Waals surface area contributed by atoms with Gasteiger partial charge in [-0.1, -0.05) is 31.6 Å². The van der Waals surface area contributed by atoms with Gasteiger partial charge in [-0.3, -0.25) is 0 Å². The normalized spacial score (nSPS) is 21.5. The van der Waals surface area contributed by atoms with Crippen molar-refractivity contribution in [2.45, 2.75) is 44.5 Å². The van der Waals surface area contributed by atoms with Gasteiger partial charge in [0.05, 0.1) is 21.1 Å². The third kappa shape index (κ3) is 3.73. The zero-order valence-electron chi connectivity index (χ0n) is 12.7. The zero-order valence-corrected chi connectivity index (χ0v) is 12.7. The van der Waals surface area contributed by atoms with Gasteiger partial charge < -0.3 is 15.4 Å².